The number of nitrogens with one attached hydrogen (secondary N) is 2. The van der Waals surface area contributed by atoms with Crippen molar-refractivity contribution in [3.05, 3.63) is 17.5 Å². The van der Waals surface area contributed by atoms with Crippen molar-refractivity contribution in [3.63, 3.8) is 0 Å². The molecule has 0 radical (unpaired) electrons. The Morgan fingerprint density at radius 2 is 2.33 bits per heavy atom. The number of rotatable bonds is 1. The molecule has 1 amide bonds. The standard InChI is InChI=1S/C13H21N3O2/c1-13(2,3)18-12(17)15-10-6-4-5-9-8-14-16-11(9)7-10/h8,10H,4-7H2,1-3H3,(H,14,16)(H,15,17)/t10-/m0/s1. The third kappa shape index (κ3) is 3.48. The summed E-state index contributed by atoms with van der Waals surface area (Å²) in [6, 6.07) is 0.126. The van der Waals surface area contributed by atoms with E-state index in [1.165, 1.54) is 5.56 Å². The van der Waals surface area contributed by atoms with Gasteiger partial charge in [-0.05, 0) is 45.6 Å². The quantitative estimate of drug-likeness (QED) is 0.752. The van der Waals surface area contributed by atoms with Gasteiger partial charge in [-0.1, -0.05) is 0 Å². The third-order valence-corrected chi connectivity index (χ3v) is 2.98. The first-order valence-electron chi connectivity index (χ1n) is 6.45. The fraction of sp³-hybridized carbons (Fsp3) is 0.692. The predicted octanol–water partition coefficient (Wildman–Crippen LogP) is 2.18. The van der Waals surface area contributed by atoms with Crippen molar-refractivity contribution in [1.82, 2.24) is 15.5 Å². The van der Waals surface area contributed by atoms with Crippen molar-refractivity contribution in [2.24, 2.45) is 0 Å². The molecular formula is C13H21N3O2. The summed E-state index contributed by atoms with van der Waals surface area (Å²) < 4.78 is 5.27. The van der Waals surface area contributed by atoms with Gasteiger partial charge in [-0.25, -0.2) is 4.79 Å². The number of nitrogens with zero attached hydrogens (tertiary/aromatic N) is 1. The van der Waals surface area contributed by atoms with Crippen LogP contribution in [0.3, 0.4) is 0 Å². The maximum absolute atomic E-state index is 11.7. The molecule has 0 spiro atoms. The molecular weight excluding hydrogens is 230 g/mol. The van der Waals surface area contributed by atoms with Gasteiger partial charge < -0.3 is 10.1 Å². The predicted molar refractivity (Wildman–Crippen MR) is 68.4 cm³/mol. The first-order valence-corrected chi connectivity index (χ1v) is 6.45. The summed E-state index contributed by atoms with van der Waals surface area (Å²) >= 11 is 0. The number of aromatic nitrogens is 2. The molecule has 1 aromatic rings. The van der Waals surface area contributed by atoms with Crippen molar-refractivity contribution in [3.8, 4) is 0 Å². The minimum atomic E-state index is -0.450. The molecule has 1 heterocycles. The molecule has 1 aliphatic rings. The second-order valence-corrected chi connectivity index (χ2v) is 5.81. The molecule has 0 aliphatic heterocycles. The maximum atomic E-state index is 11.7. The summed E-state index contributed by atoms with van der Waals surface area (Å²) in [6.07, 6.45) is 5.41. The van der Waals surface area contributed by atoms with Gasteiger partial charge in [0.15, 0.2) is 0 Å². The number of H-pyrrole nitrogens is 1. The van der Waals surface area contributed by atoms with Crippen LogP contribution >= 0.6 is 0 Å². The van der Waals surface area contributed by atoms with Crippen LogP contribution in [0, 0.1) is 0 Å². The van der Waals surface area contributed by atoms with Crippen molar-refractivity contribution < 1.29 is 9.53 Å². The Labute approximate surface area is 107 Å². The fourth-order valence-corrected chi connectivity index (χ4v) is 2.21. The van der Waals surface area contributed by atoms with Gasteiger partial charge in [0.1, 0.15) is 5.60 Å². The Balaban J connectivity index is 1.93. The number of aryl methyl sites for hydroxylation is 1. The van der Waals surface area contributed by atoms with Crippen molar-refractivity contribution >= 4 is 6.09 Å². The number of ether oxygens (including phenoxy) is 1. The van der Waals surface area contributed by atoms with Gasteiger partial charge in [0, 0.05) is 18.2 Å². The van der Waals surface area contributed by atoms with Gasteiger partial charge in [0.25, 0.3) is 0 Å². The highest BCUT2D eigenvalue weighted by Gasteiger charge is 2.22. The number of aromatic amines is 1. The van der Waals surface area contributed by atoms with E-state index in [4.69, 9.17) is 4.74 Å². The average Bonchev–Trinajstić information content (AvgIpc) is 2.55. The summed E-state index contributed by atoms with van der Waals surface area (Å²) in [6.45, 7) is 5.60. The monoisotopic (exact) mass is 251 g/mol. The lowest BCUT2D eigenvalue weighted by molar-refractivity contribution is 0.0501. The van der Waals surface area contributed by atoms with E-state index in [2.05, 4.69) is 15.5 Å². The molecule has 0 saturated carbocycles. The summed E-state index contributed by atoms with van der Waals surface area (Å²) in [5.41, 5.74) is 1.95. The number of amides is 1. The molecule has 0 aromatic carbocycles. The number of hydrogen-bond acceptors (Lipinski definition) is 3. The molecule has 1 atom stereocenters. The van der Waals surface area contributed by atoms with Gasteiger partial charge in [-0.15, -0.1) is 0 Å². The summed E-state index contributed by atoms with van der Waals surface area (Å²) in [5, 5.41) is 9.99. The smallest absolute Gasteiger partial charge is 0.407 e. The van der Waals surface area contributed by atoms with Gasteiger partial charge in [-0.2, -0.15) is 5.10 Å². The van der Waals surface area contributed by atoms with Crippen LogP contribution in [-0.2, 0) is 17.6 Å². The average molecular weight is 251 g/mol. The first-order chi connectivity index (χ1) is 8.44. The van der Waals surface area contributed by atoms with Crippen LogP contribution in [0.2, 0.25) is 0 Å². The molecule has 1 aliphatic carbocycles. The van der Waals surface area contributed by atoms with Crippen molar-refractivity contribution in [1.29, 1.82) is 0 Å². The molecule has 1 aromatic heterocycles. The van der Waals surface area contributed by atoms with E-state index < -0.39 is 5.60 Å². The maximum Gasteiger partial charge on any atom is 0.407 e. The molecule has 0 bridgehead atoms. The van der Waals surface area contributed by atoms with Gasteiger partial charge in [0.05, 0.1) is 6.20 Å². The highest BCUT2D eigenvalue weighted by molar-refractivity contribution is 5.68. The summed E-state index contributed by atoms with van der Waals surface area (Å²) in [4.78, 5) is 11.7. The highest BCUT2D eigenvalue weighted by Crippen LogP contribution is 2.19. The van der Waals surface area contributed by atoms with Crippen LogP contribution in [0.4, 0.5) is 4.79 Å². The normalized spacial score (nSPS) is 19.8. The summed E-state index contributed by atoms with van der Waals surface area (Å²) in [5.74, 6) is 0. The van der Waals surface area contributed by atoms with E-state index in [1.54, 1.807) is 0 Å². The summed E-state index contributed by atoms with van der Waals surface area (Å²) in [7, 11) is 0. The Bertz CT molecular complexity index is 420. The molecule has 0 unspecified atom stereocenters. The lowest BCUT2D eigenvalue weighted by Gasteiger charge is -2.22. The Kier molecular flexibility index (Phi) is 3.59. The largest absolute Gasteiger partial charge is 0.444 e. The van der Waals surface area contributed by atoms with E-state index in [9.17, 15) is 4.79 Å². The van der Waals surface area contributed by atoms with Gasteiger partial charge in [-0.3, -0.25) is 5.10 Å². The fourth-order valence-electron chi connectivity index (χ4n) is 2.21. The van der Waals surface area contributed by atoms with E-state index in [0.29, 0.717) is 0 Å². The van der Waals surface area contributed by atoms with Crippen LogP contribution < -0.4 is 5.32 Å². The molecule has 2 rings (SSSR count). The Morgan fingerprint density at radius 1 is 1.56 bits per heavy atom. The Morgan fingerprint density at radius 3 is 3.06 bits per heavy atom. The van der Waals surface area contributed by atoms with Crippen molar-refractivity contribution in [2.45, 2.75) is 58.1 Å². The van der Waals surface area contributed by atoms with Crippen molar-refractivity contribution in [2.75, 3.05) is 0 Å². The number of hydrogen-bond donors (Lipinski definition) is 2. The van der Waals surface area contributed by atoms with Gasteiger partial charge >= 0.3 is 6.09 Å². The van der Waals surface area contributed by atoms with Crippen LogP contribution in [0.25, 0.3) is 0 Å². The molecule has 0 fully saturated rings. The van der Waals surface area contributed by atoms with Crippen LogP contribution in [0.15, 0.2) is 6.20 Å². The first kappa shape index (κ1) is 12.9. The zero-order valence-corrected chi connectivity index (χ0v) is 11.2. The highest BCUT2D eigenvalue weighted by atomic mass is 16.6. The number of carbonyl (C=O) groups excluding carboxylic acids is 1. The molecule has 18 heavy (non-hydrogen) atoms. The van der Waals surface area contributed by atoms with Crippen LogP contribution in [0.1, 0.15) is 44.9 Å². The van der Waals surface area contributed by atoms with E-state index in [1.807, 2.05) is 27.0 Å². The number of carbonyl (C=O) groups is 1. The van der Waals surface area contributed by atoms with E-state index >= 15 is 0 Å². The minimum absolute atomic E-state index is 0.126. The molecule has 5 nitrogen and oxygen atoms in total. The van der Waals surface area contributed by atoms with E-state index in [-0.39, 0.29) is 12.1 Å². The topological polar surface area (TPSA) is 67.0 Å². The lowest BCUT2D eigenvalue weighted by Crippen LogP contribution is -2.40. The van der Waals surface area contributed by atoms with Crippen LogP contribution in [-0.4, -0.2) is 27.9 Å². The molecule has 2 N–H and O–H groups in total. The van der Waals surface area contributed by atoms with Gasteiger partial charge in [0.2, 0.25) is 0 Å². The zero-order chi connectivity index (χ0) is 13.2. The number of fused-ring (bicyclic) bond motifs is 1. The zero-order valence-electron chi connectivity index (χ0n) is 11.2. The Hall–Kier alpha value is -1.52. The molecule has 0 saturated heterocycles. The minimum Gasteiger partial charge on any atom is -0.444 e. The SMILES string of the molecule is CC(C)(C)OC(=O)N[C@H]1CCCc2cn[nH]c2C1. The number of alkyl carbamates (subject to hydrolysis) is 1. The van der Waals surface area contributed by atoms with E-state index in [0.717, 1.165) is 31.4 Å². The molecule has 100 valence electrons. The lowest BCUT2D eigenvalue weighted by atomic mass is 10.1. The van der Waals surface area contributed by atoms with Crippen LogP contribution in [0.5, 0.6) is 0 Å². The third-order valence-electron chi connectivity index (χ3n) is 2.98. The molecule has 5 heteroatoms. The second kappa shape index (κ2) is 5.00. The second-order valence-electron chi connectivity index (χ2n) is 5.81.